The summed E-state index contributed by atoms with van der Waals surface area (Å²) >= 11 is 0. The van der Waals surface area contributed by atoms with E-state index in [1.54, 1.807) is 0 Å². The summed E-state index contributed by atoms with van der Waals surface area (Å²) in [6, 6.07) is 15.3. The van der Waals surface area contributed by atoms with Crippen molar-refractivity contribution in [1.82, 2.24) is 5.32 Å². The molecule has 3 heteroatoms. The zero-order valence-electron chi connectivity index (χ0n) is 14.9. The third kappa shape index (κ3) is 3.36. The molecule has 1 heterocycles. The summed E-state index contributed by atoms with van der Waals surface area (Å²) in [5.74, 6) is 1.78. The number of hydrogen-bond donors (Lipinski definition) is 1. The van der Waals surface area contributed by atoms with E-state index >= 15 is 0 Å². The van der Waals surface area contributed by atoms with Gasteiger partial charge in [0.15, 0.2) is 5.78 Å². The van der Waals surface area contributed by atoms with Crippen LogP contribution in [0.4, 0.5) is 0 Å². The van der Waals surface area contributed by atoms with Crippen molar-refractivity contribution < 1.29 is 4.79 Å². The molecule has 1 N–H and O–H groups in total. The highest BCUT2D eigenvalue weighted by Gasteiger charge is 2.38. The molecule has 26 heavy (non-hydrogen) atoms. The first-order chi connectivity index (χ1) is 12.8. The summed E-state index contributed by atoms with van der Waals surface area (Å²) in [7, 11) is 0. The van der Waals surface area contributed by atoms with Crippen LogP contribution in [0.15, 0.2) is 47.5 Å². The predicted octanol–water partition coefficient (Wildman–Crippen LogP) is 3.90. The fourth-order valence-corrected chi connectivity index (χ4v) is 3.87. The number of ketones is 1. The number of nitrogens with zero attached hydrogens (tertiary/aromatic N) is 1. The van der Waals surface area contributed by atoms with E-state index in [0.29, 0.717) is 18.4 Å². The SMILES string of the molecule is O=C(Cc1ccc(C2CC2NCC2CC2)cc1)c1ccc2c(c1)C=NC2. The number of Topliss-reactive ketones (excluding diaryl/α,β-unsaturated/α-hetero) is 1. The van der Waals surface area contributed by atoms with Gasteiger partial charge in [0.05, 0.1) is 6.54 Å². The van der Waals surface area contributed by atoms with Crippen molar-refractivity contribution in [1.29, 1.82) is 0 Å². The lowest BCUT2D eigenvalue weighted by Gasteiger charge is -2.06. The first-order valence-electron chi connectivity index (χ1n) is 9.74. The molecule has 3 nitrogen and oxygen atoms in total. The maximum atomic E-state index is 12.6. The minimum absolute atomic E-state index is 0.177. The van der Waals surface area contributed by atoms with E-state index in [1.165, 1.54) is 36.9 Å². The van der Waals surface area contributed by atoms with Crippen LogP contribution in [0.2, 0.25) is 0 Å². The van der Waals surface area contributed by atoms with Crippen LogP contribution >= 0.6 is 0 Å². The molecule has 2 aliphatic carbocycles. The van der Waals surface area contributed by atoms with Crippen molar-refractivity contribution in [3.8, 4) is 0 Å². The Morgan fingerprint density at radius 3 is 2.77 bits per heavy atom. The molecular formula is C23H24N2O. The van der Waals surface area contributed by atoms with Gasteiger partial charge in [-0.15, -0.1) is 0 Å². The van der Waals surface area contributed by atoms with Gasteiger partial charge < -0.3 is 5.32 Å². The molecule has 0 amide bonds. The first kappa shape index (κ1) is 16.0. The Labute approximate surface area is 154 Å². The summed E-state index contributed by atoms with van der Waals surface area (Å²) in [6.45, 7) is 1.93. The van der Waals surface area contributed by atoms with Gasteiger partial charge in [-0.05, 0) is 60.0 Å². The molecule has 2 aromatic carbocycles. The quantitative estimate of drug-likeness (QED) is 0.774. The standard InChI is InChI=1S/C23H24N2O/c26-23(18-7-8-19-13-24-14-20(19)10-18)9-15-3-5-17(6-4-15)21-11-22(21)25-12-16-1-2-16/h3-8,10,14,16,21-22,25H,1-2,9,11-13H2. The molecule has 2 unspecified atom stereocenters. The zero-order chi connectivity index (χ0) is 17.5. The summed E-state index contributed by atoms with van der Waals surface area (Å²) < 4.78 is 0. The Hall–Kier alpha value is -2.26. The van der Waals surface area contributed by atoms with E-state index in [-0.39, 0.29) is 5.78 Å². The molecular weight excluding hydrogens is 320 g/mol. The monoisotopic (exact) mass is 344 g/mol. The van der Waals surface area contributed by atoms with Crippen LogP contribution in [0.3, 0.4) is 0 Å². The molecule has 5 rings (SSSR count). The predicted molar refractivity (Wildman–Crippen MR) is 104 cm³/mol. The third-order valence-corrected chi connectivity index (χ3v) is 5.89. The van der Waals surface area contributed by atoms with Gasteiger partial charge in [0.1, 0.15) is 0 Å². The summed E-state index contributed by atoms with van der Waals surface area (Å²) in [5, 5.41) is 3.69. The van der Waals surface area contributed by atoms with E-state index in [1.807, 2.05) is 24.4 Å². The van der Waals surface area contributed by atoms with E-state index in [4.69, 9.17) is 0 Å². The lowest BCUT2D eigenvalue weighted by Crippen LogP contribution is -2.20. The van der Waals surface area contributed by atoms with Crippen LogP contribution in [0.1, 0.15) is 57.8 Å². The zero-order valence-corrected chi connectivity index (χ0v) is 14.9. The fourth-order valence-electron chi connectivity index (χ4n) is 3.87. The van der Waals surface area contributed by atoms with Crippen LogP contribution in [0, 0.1) is 5.92 Å². The van der Waals surface area contributed by atoms with Crippen LogP contribution in [-0.2, 0) is 13.0 Å². The number of carbonyl (C=O) groups is 1. The highest BCUT2D eigenvalue weighted by molar-refractivity contribution is 5.99. The number of hydrogen-bond acceptors (Lipinski definition) is 3. The first-order valence-corrected chi connectivity index (χ1v) is 9.74. The average molecular weight is 344 g/mol. The second-order valence-electron chi connectivity index (χ2n) is 8.03. The van der Waals surface area contributed by atoms with Crippen molar-refractivity contribution in [2.45, 2.75) is 44.2 Å². The van der Waals surface area contributed by atoms with Crippen molar-refractivity contribution in [3.63, 3.8) is 0 Å². The Balaban J connectivity index is 1.19. The average Bonchev–Trinajstić information content (AvgIpc) is 3.57. The normalized spacial score (nSPS) is 23.1. The lowest BCUT2D eigenvalue weighted by molar-refractivity contribution is 0.0993. The number of carbonyl (C=O) groups excluding carboxylic acids is 1. The van der Waals surface area contributed by atoms with Gasteiger partial charge in [-0.2, -0.15) is 0 Å². The largest absolute Gasteiger partial charge is 0.313 e. The van der Waals surface area contributed by atoms with Crippen molar-refractivity contribution in [3.05, 3.63) is 70.3 Å². The molecule has 0 saturated heterocycles. The molecule has 2 aromatic rings. The second kappa shape index (κ2) is 6.48. The highest BCUT2D eigenvalue weighted by Crippen LogP contribution is 2.41. The third-order valence-electron chi connectivity index (χ3n) is 5.89. The summed E-state index contributed by atoms with van der Waals surface area (Å²) in [4.78, 5) is 16.9. The van der Waals surface area contributed by atoms with Crippen LogP contribution in [0.25, 0.3) is 0 Å². The van der Waals surface area contributed by atoms with Gasteiger partial charge in [-0.1, -0.05) is 36.4 Å². The van der Waals surface area contributed by atoms with Gasteiger partial charge in [0.25, 0.3) is 0 Å². The topological polar surface area (TPSA) is 41.5 Å². The molecule has 2 fully saturated rings. The molecule has 132 valence electrons. The van der Waals surface area contributed by atoms with E-state index in [9.17, 15) is 4.79 Å². The molecule has 0 radical (unpaired) electrons. The van der Waals surface area contributed by atoms with E-state index in [0.717, 1.165) is 29.2 Å². The molecule has 0 bridgehead atoms. The molecule has 1 aliphatic heterocycles. The number of benzene rings is 2. The Kier molecular flexibility index (Phi) is 3.97. The van der Waals surface area contributed by atoms with Crippen molar-refractivity contribution in [2.24, 2.45) is 10.9 Å². The summed E-state index contributed by atoms with van der Waals surface area (Å²) in [6.07, 6.45) is 6.39. The van der Waals surface area contributed by atoms with Gasteiger partial charge in [0, 0.05) is 30.2 Å². The van der Waals surface area contributed by atoms with Crippen LogP contribution < -0.4 is 5.32 Å². The van der Waals surface area contributed by atoms with Gasteiger partial charge in [-0.3, -0.25) is 9.79 Å². The van der Waals surface area contributed by atoms with Gasteiger partial charge in [0.2, 0.25) is 0 Å². The van der Waals surface area contributed by atoms with E-state index < -0.39 is 0 Å². The van der Waals surface area contributed by atoms with Crippen molar-refractivity contribution in [2.75, 3.05) is 6.54 Å². The number of rotatable bonds is 7. The van der Waals surface area contributed by atoms with Crippen LogP contribution in [0.5, 0.6) is 0 Å². The Bertz CT molecular complexity index is 864. The molecule has 0 aromatic heterocycles. The molecule has 2 atom stereocenters. The fraction of sp³-hybridized carbons (Fsp3) is 0.391. The smallest absolute Gasteiger partial charge is 0.167 e. The number of fused-ring (bicyclic) bond motifs is 1. The Morgan fingerprint density at radius 1 is 1.12 bits per heavy atom. The highest BCUT2D eigenvalue weighted by atomic mass is 16.1. The minimum Gasteiger partial charge on any atom is -0.313 e. The summed E-state index contributed by atoms with van der Waals surface area (Å²) in [5.41, 5.74) is 5.58. The number of aliphatic imine (C=N–C) groups is 1. The van der Waals surface area contributed by atoms with Crippen molar-refractivity contribution >= 4 is 12.0 Å². The van der Waals surface area contributed by atoms with E-state index in [2.05, 4.69) is 34.6 Å². The second-order valence-corrected chi connectivity index (χ2v) is 8.03. The Morgan fingerprint density at radius 2 is 1.96 bits per heavy atom. The molecule has 3 aliphatic rings. The molecule has 2 saturated carbocycles. The maximum absolute atomic E-state index is 12.6. The molecule has 0 spiro atoms. The maximum Gasteiger partial charge on any atom is 0.167 e. The van der Waals surface area contributed by atoms with Crippen LogP contribution in [-0.4, -0.2) is 24.6 Å². The van der Waals surface area contributed by atoms with Gasteiger partial charge >= 0.3 is 0 Å². The lowest BCUT2D eigenvalue weighted by atomic mass is 9.98. The minimum atomic E-state index is 0.177. The number of nitrogens with one attached hydrogen (secondary N) is 1. The van der Waals surface area contributed by atoms with Gasteiger partial charge in [-0.25, -0.2) is 0 Å².